The Balaban J connectivity index is 1.19. The molecule has 1 atom stereocenters. The molecule has 1 unspecified atom stereocenters. The number of likely N-dealkylation sites (tertiary alicyclic amines) is 1. The van der Waals surface area contributed by atoms with Gasteiger partial charge in [-0.1, -0.05) is 30.3 Å². The lowest BCUT2D eigenvalue weighted by molar-refractivity contribution is -0.146. The first-order valence-corrected chi connectivity index (χ1v) is 12.9. The summed E-state index contributed by atoms with van der Waals surface area (Å²) >= 11 is 0. The van der Waals surface area contributed by atoms with Crippen LogP contribution in [0.5, 0.6) is 0 Å². The van der Waals surface area contributed by atoms with Gasteiger partial charge in [0, 0.05) is 48.5 Å². The molecule has 1 aliphatic rings. The largest absolute Gasteiger partial charge is 0.433 e. The lowest BCUT2D eigenvalue weighted by Crippen LogP contribution is -2.39. The minimum atomic E-state index is -4.51. The number of carbonyl (C=O) groups is 1. The maximum absolute atomic E-state index is 13.3. The number of hydrogen-bond donors (Lipinski definition) is 0. The third-order valence-corrected chi connectivity index (χ3v) is 7.45. The Morgan fingerprint density at radius 3 is 2.23 bits per heavy atom. The van der Waals surface area contributed by atoms with Crippen molar-refractivity contribution in [2.24, 2.45) is 5.92 Å². The molecule has 0 spiro atoms. The summed E-state index contributed by atoms with van der Waals surface area (Å²) in [6, 6.07) is 13.7. The summed E-state index contributed by atoms with van der Waals surface area (Å²) < 4.78 is 79.9. The zero-order valence-corrected chi connectivity index (χ0v) is 21.5. The van der Waals surface area contributed by atoms with Crippen LogP contribution < -0.4 is 0 Å². The van der Waals surface area contributed by atoms with Crippen LogP contribution in [0, 0.1) is 5.92 Å². The SMILES string of the molecule is CC(c1cccc2nn(CC3CCN(C(=O)c4ccc(-c5ccc(C(F)(F)F)nc5)cc4)CC3)cc12)C(F)(F)F. The van der Waals surface area contributed by atoms with E-state index in [4.69, 9.17) is 0 Å². The van der Waals surface area contributed by atoms with Crippen LogP contribution in [0.15, 0.2) is 67.0 Å². The molecule has 4 aromatic rings. The molecule has 210 valence electrons. The number of rotatable bonds is 5. The van der Waals surface area contributed by atoms with E-state index in [0.29, 0.717) is 47.2 Å². The van der Waals surface area contributed by atoms with Crippen molar-refractivity contribution < 1.29 is 31.1 Å². The Morgan fingerprint density at radius 2 is 1.62 bits per heavy atom. The number of alkyl halides is 6. The molecule has 0 aliphatic carbocycles. The maximum Gasteiger partial charge on any atom is 0.433 e. The normalized spacial score (nSPS) is 15.9. The highest BCUT2D eigenvalue weighted by Crippen LogP contribution is 2.37. The number of benzene rings is 2. The molecule has 2 aromatic carbocycles. The molecule has 2 aromatic heterocycles. The van der Waals surface area contributed by atoms with Crippen LogP contribution in [0.25, 0.3) is 22.0 Å². The minimum Gasteiger partial charge on any atom is -0.339 e. The van der Waals surface area contributed by atoms with Gasteiger partial charge in [-0.15, -0.1) is 0 Å². The molecule has 1 fully saturated rings. The Hall–Kier alpha value is -3.89. The summed E-state index contributed by atoms with van der Waals surface area (Å²) in [5.74, 6) is -1.51. The van der Waals surface area contributed by atoms with Gasteiger partial charge in [0.05, 0.1) is 11.4 Å². The van der Waals surface area contributed by atoms with Crippen LogP contribution in [0.2, 0.25) is 0 Å². The van der Waals surface area contributed by atoms with E-state index in [9.17, 15) is 31.1 Å². The van der Waals surface area contributed by atoms with Gasteiger partial charge in [-0.2, -0.15) is 31.4 Å². The number of halogens is 6. The summed E-state index contributed by atoms with van der Waals surface area (Å²) in [6.45, 7) is 2.77. The van der Waals surface area contributed by atoms with Crippen molar-refractivity contribution >= 4 is 16.8 Å². The molecule has 1 aliphatic heterocycles. The zero-order valence-electron chi connectivity index (χ0n) is 21.5. The molecule has 0 saturated carbocycles. The molecule has 0 radical (unpaired) electrons. The summed E-state index contributed by atoms with van der Waals surface area (Å²) in [5.41, 5.74) is 1.41. The molecule has 11 heteroatoms. The molecule has 40 heavy (non-hydrogen) atoms. The molecule has 5 rings (SSSR count). The highest BCUT2D eigenvalue weighted by atomic mass is 19.4. The van der Waals surface area contributed by atoms with Crippen LogP contribution >= 0.6 is 0 Å². The summed E-state index contributed by atoms with van der Waals surface area (Å²) in [5, 5.41) is 4.99. The predicted octanol–water partition coefficient (Wildman–Crippen LogP) is 7.34. The maximum atomic E-state index is 13.3. The quantitative estimate of drug-likeness (QED) is 0.240. The molecule has 5 nitrogen and oxygen atoms in total. The van der Waals surface area contributed by atoms with Crippen LogP contribution in [0.1, 0.15) is 47.3 Å². The number of hydrogen-bond acceptors (Lipinski definition) is 3. The lowest BCUT2D eigenvalue weighted by atomic mass is 9.96. The van der Waals surface area contributed by atoms with E-state index in [1.54, 1.807) is 52.2 Å². The van der Waals surface area contributed by atoms with Crippen molar-refractivity contribution in [3.05, 3.63) is 83.8 Å². The van der Waals surface area contributed by atoms with E-state index in [0.717, 1.165) is 32.0 Å². The van der Waals surface area contributed by atoms with Gasteiger partial charge in [0.1, 0.15) is 5.69 Å². The number of carbonyl (C=O) groups excluding carboxylic acids is 1. The fraction of sp³-hybridized carbons (Fsp3) is 0.345. The standard InChI is InChI=1S/C29H26F6N4O/c1-18(28(30,31)32)23-3-2-4-25-24(23)17-39(37-25)16-19-11-13-38(14-12-19)27(40)21-7-5-20(6-8-21)22-9-10-26(36-15-22)29(33,34)35/h2-10,15,17-19H,11-14,16H2,1H3. The molecule has 1 saturated heterocycles. The number of nitrogens with zero attached hydrogens (tertiary/aromatic N) is 4. The van der Waals surface area contributed by atoms with Gasteiger partial charge in [0.2, 0.25) is 0 Å². The van der Waals surface area contributed by atoms with Crippen molar-refractivity contribution in [2.75, 3.05) is 13.1 Å². The molecule has 0 N–H and O–H groups in total. The first-order chi connectivity index (χ1) is 18.9. The average molecular weight is 561 g/mol. The topological polar surface area (TPSA) is 51.0 Å². The molecule has 3 heterocycles. The monoisotopic (exact) mass is 560 g/mol. The fourth-order valence-corrected chi connectivity index (χ4v) is 5.07. The van der Waals surface area contributed by atoms with E-state index in [2.05, 4.69) is 10.1 Å². The van der Waals surface area contributed by atoms with E-state index < -0.39 is 24.0 Å². The second-order valence-electron chi connectivity index (χ2n) is 10.1. The smallest absolute Gasteiger partial charge is 0.339 e. The highest BCUT2D eigenvalue weighted by Gasteiger charge is 2.38. The summed E-state index contributed by atoms with van der Waals surface area (Å²) in [6.07, 6.45) is -4.56. The Labute approximate surface area is 226 Å². The Kier molecular flexibility index (Phi) is 7.32. The predicted molar refractivity (Wildman–Crippen MR) is 138 cm³/mol. The zero-order chi connectivity index (χ0) is 28.7. The fourth-order valence-electron chi connectivity index (χ4n) is 5.07. The van der Waals surface area contributed by atoms with Gasteiger partial charge in [-0.3, -0.25) is 14.5 Å². The van der Waals surface area contributed by atoms with E-state index >= 15 is 0 Å². The number of pyridine rings is 1. The van der Waals surface area contributed by atoms with Crippen molar-refractivity contribution in [3.63, 3.8) is 0 Å². The third kappa shape index (κ3) is 5.83. The second-order valence-corrected chi connectivity index (χ2v) is 10.1. The van der Waals surface area contributed by atoms with Crippen LogP contribution in [0.4, 0.5) is 26.3 Å². The summed E-state index contributed by atoms with van der Waals surface area (Å²) in [4.78, 5) is 18.3. The van der Waals surface area contributed by atoms with Crippen molar-refractivity contribution in [2.45, 2.75) is 44.6 Å². The number of piperidine rings is 1. The van der Waals surface area contributed by atoms with Crippen molar-refractivity contribution in [3.8, 4) is 11.1 Å². The van der Waals surface area contributed by atoms with Gasteiger partial charge >= 0.3 is 12.4 Å². The molecular weight excluding hydrogens is 534 g/mol. The lowest BCUT2D eigenvalue weighted by Gasteiger charge is -2.32. The molecule has 0 bridgehead atoms. The Morgan fingerprint density at radius 1 is 0.950 bits per heavy atom. The van der Waals surface area contributed by atoms with Crippen LogP contribution in [0.3, 0.4) is 0 Å². The van der Waals surface area contributed by atoms with Gasteiger partial charge in [0.15, 0.2) is 0 Å². The van der Waals surface area contributed by atoms with Crippen molar-refractivity contribution in [1.82, 2.24) is 19.7 Å². The minimum absolute atomic E-state index is 0.133. The van der Waals surface area contributed by atoms with E-state index in [1.165, 1.54) is 12.1 Å². The van der Waals surface area contributed by atoms with Crippen molar-refractivity contribution in [1.29, 1.82) is 0 Å². The van der Waals surface area contributed by atoms with Gasteiger partial charge in [-0.25, -0.2) is 0 Å². The third-order valence-electron chi connectivity index (χ3n) is 7.45. The second kappa shape index (κ2) is 10.6. The van der Waals surface area contributed by atoms with E-state index in [-0.39, 0.29) is 17.4 Å². The first-order valence-electron chi connectivity index (χ1n) is 12.9. The van der Waals surface area contributed by atoms with E-state index in [1.807, 2.05) is 0 Å². The summed E-state index contributed by atoms with van der Waals surface area (Å²) in [7, 11) is 0. The van der Waals surface area contributed by atoms with Gasteiger partial charge < -0.3 is 4.90 Å². The highest BCUT2D eigenvalue weighted by molar-refractivity contribution is 5.94. The Bertz CT molecular complexity index is 1480. The molecule has 1 amide bonds. The number of aromatic nitrogens is 3. The molecular formula is C29H26F6N4O. The van der Waals surface area contributed by atoms with Crippen LogP contribution in [-0.4, -0.2) is 44.8 Å². The van der Waals surface area contributed by atoms with Gasteiger partial charge in [-0.05, 0) is 61.1 Å². The first kappa shape index (κ1) is 27.7. The number of fused-ring (bicyclic) bond motifs is 1. The van der Waals surface area contributed by atoms with Gasteiger partial charge in [0.25, 0.3) is 5.91 Å². The average Bonchev–Trinajstić information content (AvgIpc) is 3.34. The number of amides is 1. The van der Waals surface area contributed by atoms with Crippen LogP contribution in [-0.2, 0) is 12.7 Å².